The molecule has 0 saturated carbocycles. The van der Waals surface area contributed by atoms with Crippen LogP contribution in [0.15, 0.2) is 12.7 Å². The zero-order valence-electron chi connectivity index (χ0n) is 8.77. The van der Waals surface area contributed by atoms with Crippen molar-refractivity contribution in [3.8, 4) is 0 Å². The zero-order valence-corrected chi connectivity index (χ0v) is 8.77. The van der Waals surface area contributed by atoms with Crippen molar-refractivity contribution in [2.45, 2.75) is 45.6 Å². The normalized spacial score (nSPS) is 13.3. The van der Waals surface area contributed by atoms with E-state index in [0.29, 0.717) is 6.04 Å². The van der Waals surface area contributed by atoms with Gasteiger partial charge in [-0.05, 0) is 38.6 Å². The molecule has 0 radical (unpaired) electrons. The first-order valence-corrected chi connectivity index (χ1v) is 4.98. The van der Waals surface area contributed by atoms with Gasteiger partial charge in [0, 0.05) is 6.04 Å². The van der Waals surface area contributed by atoms with E-state index in [1.54, 1.807) is 0 Å². The van der Waals surface area contributed by atoms with Gasteiger partial charge in [-0.2, -0.15) is 0 Å². The van der Waals surface area contributed by atoms with Crippen LogP contribution < -0.4 is 5.32 Å². The molecule has 0 aliphatic carbocycles. The molecule has 0 aromatic heterocycles. The highest BCUT2D eigenvalue weighted by Gasteiger charge is 2.06. The molecule has 1 N–H and O–H groups in total. The van der Waals surface area contributed by atoms with E-state index < -0.39 is 0 Å². The molecule has 1 unspecified atom stereocenters. The maximum Gasteiger partial charge on any atom is 0.00666 e. The van der Waals surface area contributed by atoms with E-state index in [1.807, 2.05) is 6.08 Å². The van der Waals surface area contributed by atoms with Crippen molar-refractivity contribution in [3.05, 3.63) is 12.7 Å². The predicted octanol–water partition coefficient (Wildman–Crippen LogP) is 2.98. The maximum absolute atomic E-state index is 3.72. The van der Waals surface area contributed by atoms with Crippen molar-refractivity contribution in [2.75, 3.05) is 7.05 Å². The minimum Gasteiger partial charge on any atom is -0.317 e. The van der Waals surface area contributed by atoms with Crippen molar-refractivity contribution in [2.24, 2.45) is 5.92 Å². The van der Waals surface area contributed by atoms with E-state index in [2.05, 4.69) is 32.8 Å². The molecule has 0 saturated heterocycles. The van der Waals surface area contributed by atoms with Gasteiger partial charge in [-0.3, -0.25) is 0 Å². The highest BCUT2D eigenvalue weighted by atomic mass is 14.9. The molecule has 1 nitrogen and oxygen atoms in total. The molecule has 72 valence electrons. The minimum absolute atomic E-state index is 0.699. The number of hydrogen-bond acceptors (Lipinski definition) is 1. The lowest BCUT2D eigenvalue weighted by atomic mass is 9.99. The summed E-state index contributed by atoms with van der Waals surface area (Å²) in [5.41, 5.74) is 0. The van der Waals surface area contributed by atoms with Gasteiger partial charge in [-0.25, -0.2) is 0 Å². The number of rotatable bonds is 7. The standard InChI is InChI=1S/C11H23N/c1-5-6-7-8-11(12-4)9-10(2)3/h5,10-12H,1,6-9H2,2-4H3. The van der Waals surface area contributed by atoms with Crippen molar-refractivity contribution in [1.29, 1.82) is 0 Å². The van der Waals surface area contributed by atoms with Gasteiger partial charge in [0.05, 0.1) is 0 Å². The fourth-order valence-corrected chi connectivity index (χ4v) is 1.46. The molecule has 0 heterocycles. The lowest BCUT2D eigenvalue weighted by Crippen LogP contribution is -2.26. The van der Waals surface area contributed by atoms with Gasteiger partial charge >= 0.3 is 0 Å². The second-order valence-corrected chi connectivity index (χ2v) is 3.83. The number of hydrogen-bond donors (Lipinski definition) is 1. The van der Waals surface area contributed by atoms with Crippen LogP contribution >= 0.6 is 0 Å². The molecule has 0 amide bonds. The largest absolute Gasteiger partial charge is 0.317 e. The van der Waals surface area contributed by atoms with Crippen molar-refractivity contribution < 1.29 is 0 Å². The van der Waals surface area contributed by atoms with Gasteiger partial charge in [0.15, 0.2) is 0 Å². The summed E-state index contributed by atoms with van der Waals surface area (Å²) >= 11 is 0. The molecule has 0 bridgehead atoms. The molecule has 0 aliphatic heterocycles. The van der Waals surface area contributed by atoms with Gasteiger partial charge < -0.3 is 5.32 Å². The van der Waals surface area contributed by atoms with Crippen molar-refractivity contribution in [1.82, 2.24) is 5.32 Å². The fraction of sp³-hybridized carbons (Fsp3) is 0.818. The molecule has 0 aromatic carbocycles. The van der Waals surface area contributed by atoms with Gasteiger partial charge in [-0.1, -0.05) is 19.9 Å². The van der Waals surface area contributed by atoms with Crippen LogP contribution in [0.2, 0.25) is 0 Å². The summed E-state index contributed by atoms with van der Waals surface area (Å²) in [7, 11) is 2.06. The van der Waals surface area contributed by atoms with Crippen LogP contribution in [0, 0.1) is 5.92 Å². The minimum atomic E-state index is 0.699. The monoisotopic (exact) mass is 169 g/mol. The molecule has 1 atom stereocenters. The average Bonchev–Trinajstić information content (AvgIpc) is 2.02. The van der Waals surface area contributed by atoms with Crippen LogP contribution in [-0.4, -0.2) is 13.1 Å². The average molecular weight is 169 g/mol. The highest BCUT2D eigenvalue weighted by molar-refractivity contribution is 4.71. The van der Waals surface area contributed by atoms with Crippen molar-refractivity contribution in [3.63, 3.8) is 0 Å². The Kier molecular flexibility index (Phi) is 7.17. The maximum atomic E-state index is 3.72. The van der Waals surface area contributed by atoms with Gasteiger partial charge in [-0.15, -0.1) is 6.58 Å². The zero-order chi connectivity index (χ0) is 9.40. The third kappa shape index (κ3) is 6.41. The fourth-order valence-electron chi connectivity index (χ4n) is 1.46. The van der Waals surface area contributed by atoms with Crippen LogP contribution in [0.25, 0.3) is 0 Å². The first-order chi connectivity index (χ1) is 5.70. The molecule has 0 aromatic rings. The topological polar surface area (TPSA) is 12.0 Å². The summed E-state index contributed by atoms with van der Waals surface area (Å²) in [4.78, 5) is 0. The smallest absolute Gasteiger partial charge is 0.00666 e. The Morgan fingerprint density at radius 1 is 1.42 bits per heavy atom. The molecule has 1 heteroatoms. The van der Waals surface area contributed by atoms with Crippen LogP contribution in [0.3, 0.4) is 0 Å². The molecule has 0 aliphatic rings. The van der Waals surface area contributed by atoms with Gasteiger partial charge in [0.1, 0.15) is 0 Å². The van der Waals surface area contributed by atoms with Crippen LogP contribution in [0.5, 0.6) is 0 Å². The lowest BCUT2D eigenvalue weighted by molar-refractivity contribution is 0.414. The van der Waals surface area contributed by atoms with Crippen molar-refractivity contribution >= 4 is 0 Å². The molecule has 0 spiro atoms. The van der Waals surface area contributed by atoms with E-state index in [4.69, 9.17) is 0 Å². The number of nitrogens with one attached hydrogen (secondary N) is 1. The van der Waals surface area contributed by atoms with Gasteiger partial charge in [0.25, 0.3) is 0 Å². The third-order valence-corrected chi connectivity index (χ3v) is 2.13. The quantitative estimate of drug-likeness (QED) is 0.456. The Labute approximate surface area is 77.2 Å². The molecule has 0 rings (SSSR count). The summed E-state index contributed by atoms with van der Waals surface area (Å²) in [6.07, 6.45) is 6.98. The van der Waals surface area contributed by atoms with Crippen LogP contribution in [0.4, 0.5) is 0 Å². The first kappa shape index (κ1) is 11.7. The van der Waals surface area contributed by atoms with Crippen LogP contribution in [0.1, 0.15) is 39.5 Å². The van der Waals surface area contributed by atoms with E-state index in [9.17, 15) is 0 Å². The van der Waals surface area contributed by atoms with E-state index in [0.717, 1.165) is 12.3 Å². The SMILES string of the molecule is C=CCCCC(CC(C)C)NC. The van der Waals surface area contributed by atoms with E-state index in [1.165, 1.54) is 19.3 Å². The second kappa shape index (κ2) is 7.35. The molecule has 12 heavy (non-hydrogen) atoms. The Hall–Kier alpha value is -0.300. The van der Waals surface area contributed by atoms with Gasteiger partial charge in [0.2, 0.25) is 0 Å². The Bertz CT molecular complexity index is 108. The highest BCUT2D eigenvalue weighted by Crippen LogP contribution is 2.10. The molecular formula is C11H23N. The summed E-state index contributed by atoms with van der Waals surface area (Å²) in [5.74, 6) is 0.797. The summed E-state index contributed by atoms with van der Waals surface area (Å²) in [6.45, 7) is 8.28. The van der Waals surface area contributed by atoms with E-state index >= 15 is 0 Å². The van der Waals surface area contributed by atoms with E-state index in [-0.39, 0.29) is 0 Å². The lowest BCUT2D eigenvalue weighted by Gasteiger charge is -2.17. The Morgan fingerprint density at radius 3 is 2.50 bits per heavy atom. The molecular weight excluding hydrogens is 146 g/mol. The number of unbranched alkanes of at least 4 members (excludes halogenated alkanes) is 1. The first-order valence-electron chi connectivity index (χ1n) is 4.98. The van der Waals surface area contributed by atoms with Crippen LogP contribution in [-0.2, 0) is 0 Å². The second-order valence-electron chi connectivity index (χ2n) is 3.83. The number of allylic oxidation sites excluding steroid dienone is 1. The predicted molar refractivity (Wildman–Crippen MR) is 56.4 cm³/mol. The Morgan fingerprint density at radius 2 is 2.08 bits per heavy atom. The third-order valence-electron chi connectivity index (χ3n) is 2.13. The summed E-state index contributed by atoms with van der Waals surface area (Å²) in [6, 6.07) is 0.699. The summed E-state index contributed by atoms with van der Waals surface area (Å²) < 4.78 is 0. The molecule has 0 fully saturated rings. The Balaban J connectivity index is 3.45. The summed E-state index contributed by atoms with van der Waals surface area (Å²) in [5, 5.41) is 3.36.